The van der Waals surface area contributed by atoms with Crippen molar-refractivity contribution in [3.63, 3.8) is 0 Å². The number of methoxy groups -OCH3 is 1. The van der Waals surface area contributed by atoms with E-state index in [0.717, 1.165) is 16.2 Å². The summed E-state index contributed by atoms with van der Waals surface area (Å²) >= 11 is 0. The first kappa shape index (κ1) is 27.3. The maximum atomic E-state index is 14.6. The Kier molecular flexibility index (Phi) is 7.61. The molecular formula is C33H27FN4O3. The van der Waals surface area contributed by atoms with Gasteiger partial charge in [0, 0.05) is 29.4 Å². The fourth-order valence-corrected chi connectivity index (χ4v) is 4.69. The van der Waals surface area contributed by atoms with Crippen LogP contribution in [0.5, 0.6) is 5.75 Å². The number of hydrogen-bond acceptors (Lipinski definition) is 5. The average Bonchev–Trinajstić information content (AvgIpc) is 3.41. The minimum atomic E-state index is -0.624. The van der Waals surface area contributed by atoms with Gasteiger partial charge in [-0.2, -0.15) is 10.4 Å². The van der Waals surface area contributed by atoms with Gasteiger partial charge < -0.3 is 4.74 Å². The van der Waals surface area contributed by atoms with E-state index in [0.29, 0.717) is 34.6 Å². The van der Waals surface area contributed by atoms with Crippen LogP contribution in [0, 0.1) is 24.1 Å². The second-order valence-electron chi connectivity index (χ2n) is 9.71. The zero-order valence-corrected chi connectivity index (χ0v) is 22.9. The fourth-order valence-electron chi connectivity index (χ4n) is 4.69. The van der Waals surface area contributed by atoms with Crippen molar-refractivity contribution in [1.29, 1.82) is 5.26 Å². The zero-order valence-electron chi connectivity index (χ0n) is 22.9. The summed E-state index contributed by atoms with van der Waals surface area (Å²) in [7, 11) is 1.58. The molecule has 0 fully saturated rings. The molecule has 0 unspecified atom stereocenters. The molecule has 4 aromatic rings. The summed E-state index contributed by atoms with van der Waals surface area (Å²) in [5, 5.41) is 14.6. The standard InChI is InChI=1S/C33H27FN4O3/c1-21-9-12-24(18-30(21)34)31-25(20-38(36-31)26-7-5-4-6-8-26)17-28-22(2)29(19-35)33(40)37(32(28)39)16-15-23-10-13-27(41-3)14-11-23/h4-14,17-18,20H,15-16H2,1-3H3/b28-17+. The summed E-state index contributed by atoms with van der Waals surface area (Å²) in [6.07, 6.45) is 3.79. The van der Waals surface area contributed by atoms with Crippen molar-refractivity contribution in [2.45, 2.75) is 20.3 Å². The van der Waals surface area contributed by atoms with Crippen LogP contribution in [0.3, 0.4) is 0 Å². The Morgan fingerprint density at radius 2 is 1.73 bits per heavy atom. The van der Waals surface area contributed by atoms with Crippen molar-refractivity contribution in [2.75, 3.05) is 13.7 Å². The lowest BCUT2D eigenvalue weighted by molar-refractivity contribution is -0.140. The van der Waals surface area contributed by atoms with E-state index in [2.05, 4.69) is 0 Å². The molecule has 1 aliphatic rings. The van der Waals surface area contributed by atoms with Crippen LogP contribution in [0.15, 0.2) is 95.7 Å². The predicted octanol–water partition coefficient (Wildman–Crippen LogP) is 5.83. The normalized spacial score (nSPS) is 14.5. The van der Waals surface area contributed by atoms with Crippen molar-refractivity contribution in [2.24, 2.45) is 0 Å². The summed E-state index contributed by atoms with van der Waals surface area (Å²) in [6.45, 7) is 3.37. The number of nitrogens with zero attached hydrogens (tertiary/aromatic N) is 4. The highest BCUT2D eigenvalue weighted by atomic mass is 19.1. The maximum Gasteiger partial charge on any atom is 0.271 e. The Hall–Kier alpha value is -5.29. The molecule has 204 valence electrons. The molecule has 2 amide bonds. The van der Waals surface area contributed by atoms with Gasteiger partial charge in [0.2, 0.25) is 0 Å². The van der Waals surface area contributed by atoms with Crippen LogP contribution >= 0.6 is 0 Å². The summed E-state index contributed by atoms with van der Waals surface area (Å²) in [6, 6.07) is 23.6. The van der Waals surface area contributed by atoms with E-state index in [1.807, 2.05) is 60.7 Å². The SMILES string of the molecule is COc1ccc(CCN2C(=O)C(C#N)=C(C)/C(=C\c3cn(-c4ccccc4)nc3-c3ccc(C)c(F)c3)C2=O)cc1. The third kappa shape index (κ3) is 5.43. The number of nitriles is 1. The molecule has 41 heavy (non-hydrogen) atoms. The van der Waals surface area contributed by atoms with Gasteiger partial charge in [0.15, 0.2) is 0 Å². The molecule has 0 atom stereocenters. The summed E-state index contributed by atoms with van der Waals surface area (Å²) in [5.41, 5.74) is 4.13. The average molecular weight is 547 g/mol. The number of imide groups is 1. The second kappa shape index (κ2) is 11.4. The maximum absolute atomic E-state index is 14.6. The minimum Gasteiger partial charge on any atom is -0.497 e. The van der Waals surface area contributed by atoms with E-state index in [1.165, 1.54) is 6.07 Å². The first-order valence-electron chi connectivity index (χ1n) is 13.0. The van der Waals surface area contributed by atoms with Crippen molar-refractivity contribution in [3.8, 4) is 28.8 Å². The Labute approximate surface area is 237 Å². The molecule has 8 heteroatoms. The number of hydrogen-bond donors (Lipinski definition) is 0. The topological polar surface area (TPSA) is 88.2 Å². The Bertz CT molecular complexity index is 1750. The third-order valence-electron chi connectivity index (χ3n) is 7.12. The number of amides is 2. The molecule has 1 aliphatic heterocycles. The zero-order chi connectivity index (χ0) is 29.1. The van der Waals surface area contributed by atoms with Crippen LogP contribution in [0.25, 0.3) is 23.0 Å². The van der Waals surface area contributed by atoms with Crippen molar-refractivity contribution >= 4 is 17.9 Å². The Morgan fingerprint density at radius 1 is 1.00 bits per heavy atom. The molecule has 5 rings (SSSR count). The lowest BCUT2D eigenvalue weighted by Gasteiger charge is -2.27. The van der Waals surface area contributed by atoms with Crippen LogP contribution in [0.2, 0.25) is 0 Å². The third-order valence-corrected chi connectivity index (χ3v) is 7.12. The molecule has 0 aliphatic carbocycles. The van der Waals surface area contributed by atoms with Crippen LogP contribution in [-0.4, -0.2) is 40.1 Å². The lowest BCUT2D eigenvalue weighted by Crippen LogP contribution is -2.43. The summed E-state index contributed by atoms with van der Waals surface area (Å²) < 4.78 is 21.4. The highest BCUT2D eigenvalue weighted by molar-refractivity contribution is 6.19. The van der Waals surface area contributed by atoms with E-state index >= 15 is 0 Å². The first-order valence-corrected chi connectivity index (χ1v) is 13.0. The number of carbonyl (C=O) groups excluding carboxylic acids is 2. The van der Waals surface area contributed by atoms with E-state index in [9.17, 15) is 19.2 Å². The van der Waals surface area contributed by atoms with Gasteiger partial charge in [-0.25, -0.2) is 9.07 Å². The summed E-state index contributed by atoms with van der Waals surface area (Å²) in [4.78, 5) is 28.0. The number of aryl methyl sites for hydroxylation is 1. The van der Waals surface area contributed by atoms with Gasteiger partial charge in [-0.3, -0.25) is 14.5 Å². The van der Waals surface area contributed by atoms with Gasteiger partial charge in [-0.15, -0.1) is 0 Å². The molecule has 0 spiro atoms. The predicted molar refractivity (Wildman–Crippen MR) is 153 cm³/mol. The molecule has 0 N–H and O–H groups in total. The smallest absolute Gasteiger partial charge is 0.271 e. The molecule has 1 aromatic heterocycles. The van der Waals surface area contributed by atoms with Gasteiger partial charge in [-0.1, -0.05) is 42.5 Å². The number of aromatic nitrogens is 2. The van der Waals surface area contributed by atoms with Gasteiger partial charge in [0.05, 0.1) is 12.8 Å². The van der Waals surface area contributed by atoms with E-state index < -0.39 is 11.8 Å². The number of rotatable bonds is 7. The van der Waals surface area contributed by atoms with Crippen LogP contribution in [-0.2, 0) is 16.0 Å². The molecule has 0 saturated carbocycles. The van der Waals surface area contributed by atoms with E-state index in [1.54, 1.807) is 50.0 Å². The first-order chi connectivity index (χ1) is 19.8. The minimum absolute atomic E-state index is 0.0936. The van der Waals surface area contributed by atoms with E-state index in [4.69, 9.17) is 9.84 Å². The van der Waals surface area contributed by atoms with Crippen LogP contribution in [0.4, 0.5) is 4.39 Å². The molecule has 2 heterocycles. The lowest BCUT2D eigenvalue weighted by atomic mass is 9.93. The van der Waals surface area contributed by atoms with Crippen molar-refractivity contribution in [3.05, 3.63) is 118 Å². The largest absolute Gasteiger partial charge is 0.497 e. The molecule has 7 nitrogen and oxygen atoms in total. The molecular weight excluding hydrogens is 519 g/mol. The van der Waals surface area contributed by atoms with Crippen LogP contribution < -0.4 is 4.74 Å². The number of ether oxygens (including phenoxy) is 1. The second-order valence-corrected chi connectivity index (χ2v) is 9.71. The van der Waals surface area contributed by atoms with Gasteiger partial charge >= 0.3 is 0 Å². The molecule has 0 saturated heterocycles. The van der Waals surface area contributed by atoms with Crippen molar-refractivity contribution in [1.82, 2.24) is 14.7 Å². The van der Waals surface area contributed by atoms with Gasteiger partial charge in [0.25, 0.3) is 11.8 Å². The van der Waals surface area contributed by atoms with Crippen LogP contribution in [0.1, 0.15) is 23.6 Å². The Morgan fingerprint density at radius 3 is 2.39 bits per heavy atom. The Balaban J connectivity index is 1.58. The number of halogens is 1. The molecule has 3 aromatic carbocycles. The molecule has 0 bridgehead atoms. The summed E-state index contributed by atoms with van der Waals surface area (Å²) in [5.74, 6) is -0.799. The fraction of sp³-hybridized carbons (Fsp3) is 0.152. The number of benzene rings is 3. The van der Waals surface area contributed by atoms with E-state index in [-0.39, 0.29) is 29.1 Å². The number of para-hydroxylation sites is 1. The molecule has 0 radical (unpaired) electrons. The highest BCUT2D eigenvalue weighted by Gasteiger charge is 2.35. The number of carbonyl (C=O) groups is 2. The highest BCUT2D eigenvalue weighted by Crippen LogP contribution is 2.32. The van der Waals surface area contributed by atoms with Gasteiger partial charge in [-0.05, 0) is 73.4 Å². The quantitative estimate of drug-likeness (QED) is 0.215. The van der Waals surface area contributed by atoms with Crippen molar-refractivity contribution < 1.29 is 18.7 Å². The monoisotopic (exact) mass is 546 g/mol. The van der Waals surface area contributed by atoms with Gasteiger partial charge in [0.1, 0.15) is 28.9 Å².